The van der Waals surface area contributed by atoms with Gasteiger partial charge in [0.25, 0.3) is 0 Å². The summed E-state index contributed by atoms with van der Waals surface area (Å²) in [5.41, 5.74) is 10.2. The molecule has 0 aliphatic carbocycles. The van der Waals surface area contributed by atoms with Crippen molar-refractivity contribution in [1.82, 2.24) is 4.98 Å². The van der Waals surface area contributed by atoms with Gasteiger partial charge in [0, 0.05) is 19.1 Å². The number of ether oxygens (including phenoxy) is 4. The molecule has 3 aromatic rings. The lowest BCUT2D eigenvalue weighted by Crippen LogP contribution is -2.14. The number of methoxy groups -OCH3 is 3. The van der Waals surface area contributed by atoms with Crippen molar-refractivity contribution >= 4 is 17.1 Å². The van der Waals surface area contributed by atoms with Crippen molar-refractivity contribution in [2.75, 3.05) is 34.5 Å². The van der Waals surface area contributed by atoms with E-state index in [4.69, 9.17) is 24.4 Å². The van der Waals surface area contributed by atoms with Crippen molar-refractivity contribution in [2.24, 2.45) is 5.73 Å². The number of oxazole rings is 1. The summed E-state index contributed by atoms with van der Waals surface area (Å²) in [7, 11) is 4.61. The fraction of sp³-hybridized carbons (Fsp3) is 0.391. The number of carbonyl (C=O) groups is 1. The summed E-state index contributed by atoms with van der Waals surface area (Å²) >= 11 is 0. The van der Waals surface area contributed by atoms with E-state index in [0.717, 1.165) is 33.4 Å². The maximum Gasteiger partial charge on any atom is 0.319 e. The monoisotopic (exact) mass is 430 g/mol. The summed E-state index contributed by atoms with van der Waals surface area (Å²) in [6.45, 7) is 6.97. The number of carbonyl (C=O) groups excluding carboxylic acids is 1. The lowest BCUT2D eigenvalue weighted by Gasteiger charge is -2.16. The highest BCUT2D eigenvalue weighted by Gasteiger charge is 2.20. The molecule has 2 N–H and O–H groups in total. The van der Waals surface area contributed by atoms with Crippen LogP contribution in [-0.2, 0) is 20.9 Å². The van der Waals surface area contributed by atoms with Gasteiger partial charge < -0.3 is 29.1 Å². The van der Waals surface area contributed by atoms with Gasteiger partial charge in [-0.15, -0.1) is 0 Å². The van der Waals surface area contributed by atoms with E-state index >= 15 is 0 Å². The Morgan fingerprint density at radius 3 is 2.23 bits per heavy atom. The van der Waals surface area contributed by atoms with Gasteiger partial charge in [-0.2, -0.15) is 0 Å². The fourth-order valence-electron chi connectivity index (χ4n) is 3.05. The van der Waals surface area contributed by atoms with Crippen LogP contribution in [0.2, 0.25) is 0 Å². The highest BCUT2D eigenvalue weighted by Crippen LogP contribution is 2.43. The molecule has 0 aliphatic heterocycles. The molecule has 3 rings (SSSR count). The second-order valence-corrected chi connectivity index (χ2v) is 6.63. The summed E-state index contributed by atoms with van der Waals surface area (Å²) < 4.78 is 26.8. The van der Waals surface area contributed by atoms with E-state index in [1.54, 1.807) is 14.2 Å². The molecule has 8 heteroatoms. The number of esters is 1. The standard InChI is InChI=1S/C20H23NO4.C3H7NO2/c1-6-24-11-14-9-16(22-4)18(17(10-14)23-5)15-8-7-12(2)19-20(15)25-13(3)21-19;1-6-3(5)2-4/h7-10H,6,11H2,1-5H3;2,4H2,1H3. The van der Waals surface area contributed by atoms with Crippen molar-refractivity contribution in [2.45, 2.75) is 27.4 Å². The lowest BCUT2D eigenvalue weighted by molar-refractivity contribution is -0.138. The maximum atomic E-state index is 9.83. The summed E-state index contributed by atoms with van der Waals surface area (Å²) in [6.07, 6.45) is 0. The molecular weight excluding hydrogens is 400 g/mol. The van der Waals surface area contributed by atoms with E-state index in [2.05, 4.69) is 9.72 Å². The zero-order chi connectivity index (χ0) is 23.0. The Bertz CT molecular complexity index is 997. The van der Waals surface area contributed by atoms with Crippen LogP contribution in [0.1, 0.15) is 23.9 Å². The van der Waals surface area contributed by atoms with Gasteiger partial charge in [-0.3, -0.25) is 4.79 Å². The van der Waals surface area contributed by atoms with Crippen LogP contribution in [0.4, 0.5) is 0 Å². The molecule has 0 bridgehead atoms. The Morgan fingerprint density at radius 2 is 1.74 bits per heavy atom. The minimum Gasteiger partial charge on any atom is -0.496 e. The van der Waals surface area contributed by atoms with Crippen LogP contribution in [0.3, 0.4) is 0 Å². The fourth-order valence-corrected chi connectivity index (χ4v) is 3.05. The smallest absolute Gasteiger partial charge is 0.319 e. The van der Waals surface area contributed by atoms with Crippen LogP contribution < -0.4 is 15.2 Å². The summed E-state index contributed by atoms with van der Waals surface area (Å²) in [5.74, 6) is 1.69. The van der Waals surface area contributed by atoms with Crippen LogP contribution in [0, 0.1) is 13.8 Å². The molecule has 2 aromatic carbocycles. The maximum absolute atomic E-state index is 9.83. The summed E-state index contributed by atoms with van der Waals surface area (Å²) in [6, 6.07) is 8.00. The van der Waals surface area contributed by atoms with Gasteiger partial charge in [0.15, 0.2) is 11.5 Å². The van der Waals surface area contributed by atoms with Gasteiger partial charge in [-0.05, 0) is 43.2 Å². The van der Waals surface area contributed by atoms with Crippen LogP contribution in [0.25, 0.3) is 22.2 Å². The third kappa shape index (κ3) is 5.74. The van der Waals surface area contributed by atoms with Crippen molar-refractivity contribution in [3.63, 3.8) is 0 Å². The van der Waals surface area contributed by atoms with Gasteiger partial charge >= 0.3 is 5.97 Å². The van der Waals surface area contributed by atoms with Gasteiger partial charge in [0.2, 0.25) is 0 Å². The first kappa shape index (κ1) is 24.2. The van der Waals surface area contributed by atoms with Crippen LogP contribution in [0.15, 0.2) is 28.7 Å². The molecule has 0 atom stereocenters. The third-order valence-corrected chi connectivity index (χ3v) is 4.55. The van der Waals surface area contributed by atoms with Crippen molar-refractivity contribution in [3.05, 3.63) is 41.3 Å². The van der Waals surface area contributed by atoms with Crippen LogP contribution >= 0.6 is 0 Å². The van der Waals surface area contributed by atoms with E-state index in [9.17, 15) is 4.79 Å². The molecule has 0 amide bonds. The normalized spacial score (nSPS) is 10.4. The van der Waals surface area contributed by atoms with Crippen molar-refractivity contribution < 1.29 is 28.2 Å². The van der Waals surface area contributed by atoms with Gasteiger partial charge in [0.05, 0.1) is 40.0 Å². The van der Waals surface area contributed by atoms with Gasteiger partial charge in [0.1, 0.15) is 17.0 Å². The molecule has 0 saturated carbocycles. The van der Waals surface area contributed by atoms with E-state index in [1.165, 1.54) is 7.11 Å². The van der Waals surface area contributed by atoms with E-state index in [0.29, 0.717) is 30.6 Å². The lowest BCUT2D eigenvalue weighted by atomic mass is 9.99. The molecule has 1 aromatic heterocycles. The molecule has 0 saturated heterocycles. The molecule has 0 fully saturated rings. The minimum atomic E-state index is -0.380. The van der Waals surface area contributed by atoms with E-state index in [-0.39, 0.29) is 12.5 Å². The highest BCUT2D eigenvalue weighted by molar-refractivity contribution is 5.96. The first-order valence-corrected chi connectivity index (χ1v) is 9.86. The van der Waals surface area contributed by atoms with Gasteiger partial charge in [-0.25, -0.2) is 4.98 Å². The number of benzene rings is 2. The number of rotatable bonds is 7. The molecule has 0 aliphatic rings. The summed E-state index contributed by atoms with van der Waals surface area (Å²) in [5, 5.41) is 0. The molecule has 1 heterocycles. The highest BCUT2D eigenvalue weighted by atomic mass is 16.5. The van der Waals surface area contributed by atoms with Crippen molar-refractivity contribution in [3.8, 4) is 22.6 Å². The topological polar surface area (TPSA) is 106 Å². The minimum absolute atomic E-state index is 0.0312. The number of hydrogen-bond donors (Lipinski definition) is 1. The molecule has 0 unspecified atom stereocenters. The van der Waals surface area contributed by atoms with Gasteiger partial charge in [-0.1, -0.05) is 6.07 Å². The first-order valence-electron chi connectivity index (χ1n) is 9.86. The Labute approximate surface area is 182 Å². The molecule has 0 radical (unpaired) electrons. The number of aryl methyl sites for hydroxylation is 2. The summed E-state index contributed by atoms with van der Waals surface area (Å²) in [4.78, 5) is 14.3. The Hall–Kier alpha value is -3.10. The number of nitrogens with zero attached hydrogens (tertiary/aromatic N) is 1. The second kappa shape index (κ2) is 11.3. The molecule has 8 nitrogen and oxygen atoms in total. The zero-order valence-electron chi connectivity index (χ0n) is 18.9. The Kier molecular flexibility index (Phi) is 8.84. The molecule has 0 spiro atoms. The quantitative estimate of drug-likeness (QED) is 0.565. The first-order chi connectivity index (χ1) is 14.9. The predicted molar refractivity (Wildman–Crippen MR) is 118 cm³/mol. The zero-order valence-corrected chi connectivity index (χ0v) is 18.9. The molecule has 168 valence electrons. The third-order valence-electron chi connectivity index (χ3n) is 4.55. The number of aromatic nitrogens is 1. The number of fused-ring (bicyclic) bond motifs is 1. The SMILES string of the molecule is CCOCc1cc(OC)c(-c2ccc(C)c3nc(C)oc23)c(OC)c1.COC(=O)CN. The second-order valence-electron chi connectivity index (χ2n) is 6.63. The number of nitrogens with two attached hydrogens (primary N) is 1. The average molecular weight is 431 g/mol. The molecule has 31 heavy (non-hydrogen) atoms. The largest absolute Gasteiger partial charge is 0.496 e. The average Bonchev–Trinajstić information content (AvgIpc) is 3.19. The van der Waals surface area contributed by atoms with Crippen LogP contribution in [-0.4, -0.2) is 45.4 Å². The Balaban J connectivity index is 0.000000501. The van der Waals surface area contributed by atoms with E-state index < -0.39 is 0 Å². The predicted octanol–water partition coefficient (Wildman–Crippen LogP) is 3.78. The van der Waals surface area contributed by atoms with Crippen molar-refractivity contribution in [1.29, 1.82) is 0 Å². The number of hydrogen-bond acceptors (Lipinski definition) is 8. The molecular formula is C23H30N2O6. The van der Waals surface area contributed by atoms with E-state index in [1.807, 2.05) is 45.0 Å². The Morgan fingerprint density at radius 1 is 1.10 bits per heavy atom. The van der Waals surface area contributed by atoms with Crippen LogP contribution in [0.5, 0.6) is 11.5 Å².